The molecule has 176 valence electrons. The summed E-state index contributed by atoms with van der Waals surface area (Å²) in [6.45, 7) is 4.46. The molecular formula is C23H25F2N3O5. The van der Waals surface area contributed by atoms with E-state index in [0.29, 0.717) is 12.7 Å². The van der Waals surface area contributed by atoms with Gasteiger partial charge in [-0.25, -0.2) is 8.78 Å². The number of carbonyl (C=O) groups is 2. The van der Waals surface area contributed by atoms with Gasteiger partial charge in [0.15, 0.2) is 17.7 Å². The summed E-state index contributed by atoms with van der Waals surface area (Å²) in [5.74, 6) is -2.71. The van der Waals surface area contributed by atoms with Crippen molar-refractivity contribution in [2.75, 3.05) is 13.7 Å². The van der Waals surface area contributed by atoms with Crippen LogP contribution in [0.1, 0.15) is 46.7 Å². The van der Waals surface area contributed by atoms with Gasteiger partial charge in [-0.1, -0.05) is 26.3 Å². The van der Waals surface area contributed by atoms with E-state index in [1.807, 2.05) is 13.8 Å². The molecule has 4 rings (SSSR count). The number of hydrogen-bond acceptors (Lipinski definition) is 5. The van der Waals surface area contributed by atoms with Gasteiger partial charge in [0.25, 0.3) is 11.8 Å². The normalized spacial score (nSPS) is 20.3. The van der Waals surface area contributed by atoms with E-state index in [2.05, 4.69) is 5.32 Å². The lowest BCUT2D eigenvalue weighted by atomic mass is 9.98. The van der Waals surface area contributed by atoms with Crippen LogP contribution in [0.25, 0.3) is 0 Å². The predicted molar refractivity (Wildman–Crippen MR) is 114 cm³/mol. The third-order valence-corrected chi connectivity index (χ3v) is 6.36. The highest BCUT2D eigenvalue weighted by atomic mass is 19.1. The first kappa shape index (κ1) is 22.9. The molecule has 10 heteroatoms. The molecule has 0 spiro atoms. The van der Waals surface area contributed by atoms with Crippen LogP contribution >= 0.6 is 0 Å². The largest absolute Gasteiger partial charge is 0.491 e. The molecule has 0 saturated carbocycles. The number of fused-ring (bicyclic) bond motifs is 2. The molecule has 3 heterocycles. The zero-order chi connectivity index (χ0) is 23.9. The van der Waals surface area contributed by atoms with Crippen LogP contribution in [0.4, 0.5) is 8.78 Å². The smallest absolute Gasteiger partial charge is 0.276 e. The van der Waals surface area contributed by atoms with Gasteiger partial charge in [0.05, 0.1) is 26.3 Å². The van der Waals surface area contributed by atoms with E-state index in [4.69, 9.17) is 9.47 Å². The van der Waals surface area contributed by atoms with Crippen molar-refractivity contribution in [2.45, 2.75) is 45.6 Å². The van der Waals surface area contributed by atoms with E-state index in [1.165, 1.54) is 23.9 Å². The van der Waals surface area contributed by atoms with Crippen molar-refractivity contribution >= 4 is 11.8 Å². The monoisotopic (exact) mass is 461 g/mol. The van der Waals surface area contributed by atoms with Crippen LogP contribution in [0.2, 0.25) is 0 Å². The van der Waals surface area contributed by atoms with Crippen molar-refractivity contribution in [3.8, 4) is 5.75 Å². The minimum absolute atomic E-state index is 0.0658. The van der Waals surface area contributed by atoms with Gasteiger partial charge in [0, 0.05) is 24.4 Å². The van der Waals surface area contributed by atoms with Gasteiger partial charge in [-0.05, 0) is 12.0 Å². The van der Waals surface area contributed by atoms with E-state index in [0.717, 1.165) is 12.5 Å². The maximum absolute atomic E-state index is 13.9. The second-order valence-corrected chi connectivity index (χ2v) is 8.28. The minimum Gasteiger partial charge on any atom is -0.491 e. The zero-order valence-electron chi connectivity index (χ0n) is 18.6. The number of nitrogens with one attached hydrogen (secondary N) is 1. The Morgan fingerprint density at radius 3 is 2.76 bits per heavy atom. The molecule has 2 amide bonds. The molecule has 0 radical (unpaired) electrons. The molecule has 1 N–H and O–H groups in total. The molecule has 1 fully saturated rings. The summed E-state index contributed by atoms with van der Waals surface area (Å²) < 4.78 is 39.6. The van der Waals surface area contributed by atoms with Gasteiger partial charge in [0.2, 0.25) is 5.43 Å². The van der Waals surface area contributed by atoms with Crippen molar-refractivity contribution in [1.29, 1.82) is 0 Å². The summed E-state index contributed by atoms with van der Waals surface area (Å²) in [5.41, 5.74) is -0.863. The fourth-order valence-electron chi connectivity index (χ4n) is 4.30. The fraction of sp³-hybridized carbons (Fsp3) is 0.435. The van der Waals surface area contributed by atoms with Crippen LogP contribution in [0.5, 0.6) is 5.75 Å². The van der Waals surface area contributed by atoms with Crippen LogP contribution in [-0.4, -0.2) is 47.3 Å². The molecule has 8 nitrogen and oxygen atoms in total. The third-order valence-electron chi connectivity index (χ3n) is 6.36. The average molecular weight is 461 g/mol. The van der Waals surface area contributed by atoms with E-state index in [9.17, 15) is 23.2 Å². The predicted octanol–water partition coefficient (Wildman–Crippen LogP) is 2.29. The Bertz CT molecular complexity index is 1170. The molecule has 2 aliphatic heterocycles. The summed E-state index contributed by atoms with van der Waals surface area (Å²) >= 11 is 0. The minimum atomic E-state index is -0.810. The van der Waals surface area contributed by atoms with Crippen molar-refractivity contribution in [1.82, 2.24) is 14.8 Å². The number of rotatable bonds is 6. The Balaban J connectivity index is 1.65. The van der Waals surface area contributed by atoms with E-state index >= 15 is 0 Å². The van der Waals surface area contributed by atoms with Crippen LogP contribution in [0, 0.1) is 17.6 Å². The first-order valence-corrected chi connectivity index (χ1v) is 10.7. The Labute approximate surface area is 189 Å². The Kier molecular flexibility index (Phi) is 6.20. The number of aromatic nitrogens is 1. The number of pyridine rings is 1. The standard InChI is InChI=1S/C23H25F2N3O5/c1-4-12(2)17-11-33-18-10-27-9-15(20(29)21(32-3)19(27)23(31)28(17)18)22(30)26-8-13-5-6-14(24)7-16(13)25/h5-7,9,12,17-18H,4,8,10-11H2,1-3H3,(H,26,30). The van der Waals surface area contributed by atoms with Crippen molar-refractivity contribution in [2.24, 2.45) is 5.92 Å². The van der Waals surface area contributed by atoms with E-state index in [1.54, 1.807) is 4.90 Å². The number of hydrogen-bond donors (Lipinski definition) is 1. The number of carbonyl (C=O) groups excluding carboxylic acids is 2. The average Bonchev–Trinajstić information content (AvgIpc) is 3.22. The summed E-state index contributed by atoms with van der Waals surface area (Å²) in [7, 11) is 1.26. The Hall–Kier alpha value is -3.27. The third kappa shape index (κ3) is 3.99. The highest BCUT2D eigenvalue weighted by molar-refractivity contribution is 5.99. The van der Waals surface area contributed by atoms with Crippen molar-refractivity contribution < 1.29 is 27.8 Å². The summed E-state index contributed by atoms with van der Waals surface area (Å²) in [5, 5.41) is 2.46. The number of methoxy groups -OCH3 is 1. The second-order valence-electron chi connectivity index (χ2n) is 8.28. The molecule has 2 aliphatic rings. The molecule has 0 bridgehead atoms. The summed E-state index contributed by atoms with van der Waals surface area (Å²) in [6.07, 6.45) is 1.65. The van der Waals surface area contributed by atoms with Crippen LogP contribution in [0.15, 0.2) is 29.2 Å². The van der Waals surface area contributed by atoms with Gasteiger partial charge in [-0.2, -0.15) is 0 Å². The molecule has 1 aromatic carbocycles. The SMILES string of the molecule is CCC(C)C1COC2Cn3cc(C(=O)NCc4ccc(F)cc4F)c(=O)c(OC)c3C(=O)N21. The second kappa shape index (κ2) is 8.93. The van der Waals surface area contributed by atoms with E-state index < -0.39 is 29.2 Å². The number of ether oxygens (including phenoxy) is 2. The molecule has 1 aromatic heterocycles. The summed E-state index contributed by atoms with van der Waals surface area (Å²) in [4.78, 5) is 40.8. The topological polar surface area (TPSA) is 89.9 Å². The molecule has 3 unspecified atom stereocenters. The fourth-order valence-corrected chi connectivity index (χ4v) is 4.30. The highest BCUT2D eigenvalue weighted by Gasteiger charge is 2.46. The molecular weight excluding hydrogens is 436 g/mol. The molecule has 0 aliphatic carbocycles. The summed E-state index contributed by atoms with van der Waals surface area (Å²) in [6, 6.07) is 2.88. The lowest BCUT2D eigenvalue weighted by molar-refractivity contribution is 0.00393. The number of amides is 2. The number of benzene rings is 1. The molecule has 2 aromatic rings. The van der Waals surface area contributed by atoms with Gasteiger partial charge in [0.1, 0.15) is 17.2 Å². The molecule has 33 heavy (non-hydrogen) atoms. The first-order chi connectivity index (χ1) is 15.8. The van der Waals surface area contributed by atoms with Gasteiger partial charge >= 0.3 is 0 Å². The van der Waals surface area contributed by atoms with Crippen molar-refractivity contribution in [3.63, 3.8) is 0 Å². The van der Waals surface area contributed by atoms with Gasteiger partial charge in [-0.15, -0.1) is 0 Å². The molecule has 3 atom stereocenters. The maximum atomic E-state index is 13.9. The number of halogens is 2. The molecule has 1 saturated heterocycles. The van der Waals surface area contributed by atoms with Crippen LogP contribution in [-0.2, 0) is 17.8 Å². The Morgan fingerprint density at radius 2 is 2.09 bits per heavy atom. The van der Waals surface area contributed by atoms with Crippen LogP contribution in [0.3, 0.4) is 0 Å². The van der Waals surface area contributed by atoms with Crippen molar-refractivity contribution in [3.05, 3.63) is 63.1 Å². The maximum Gasteiger partial charge on any atom is 0.276 e. The highest BCUT2D eigenvalue weighted by Crippen LogP contribution is 2.33. The van der Waals surface area contributed by atoms with E-state index in [-0.39, 0.29) is 53.5 Å². The lowest BCUT2D eigenvalue weighted by Gasteiger charge is -2.36. The van der Waals surface area contributed by atoms with Gasteiger partial charge < -0.3 is 24.3 Å². The van der Waals surface area contributed by atoms with Gasteiger partial charge in [-0.3, -0.25) is 14.4 Å². The zero-order valence-corrected chi connectivity index (χ0v) is 18.6. The quantitative estimate of drug-likeness (QED) is 0.713. The lowest BCUT2D eigenvalue weighted by Crippen LogP contribution is -2.51. The first-order valence-electron chi connectivity index (χ1n) is 10.7. The number of nitrogens with zero attached hydrogens (tertiary/aromatic N) is 2. The Morgan fingerprint density at radius 1 is 1.33 bits per heavy atom. The van der Waals surface area contributed by atoms with Crippen LogP contribution < -0.4 is 15.5 Å².